The standard InChI is InChI=1S/C19H13F5N4O/c20-17(21)29-14-7-3-11(4-8-14)15-9-16(28-18(27-15)25-10-26-28)12-1-5-13(6-2-12)19(22,23)24/h1-10,16-17H,(H,25,26,27). The molecule has 0 spiro atoms. The first kappa shape index (κ1) is 18.9. The highest BCUT2D eigenvalue weighted by Crippen LogP contribution is 2.34. The number of allylic oxidation sites excluding steroid dienone is 1. The third-order valence-electron chi connectivity index (χ3n) is 4.38. The molecule has 0 amide bonds. The molecule has 1 N–H and O–H groups in total. The molecule has 29 heavy (non-hydrogen) atoms. The highest BCUT2D eigenvalue weighted by atomic mass is 19.4. The average molecular weight is 408 g/mol. The molecular formula is C19H13F5N4O. The second-order valence-electron chi connectivity index (χ2n) is 6.20. The molecule has 150 valence electrons. The minimum atomic E-state index is -4.42. The molecule has 1 atom stereocenters. The molecule has 2 aromatic carbocycles. The van der Waals surface area contributed by atoms with Crippen LogP contribution in [0.3, 0.4) is 0 Å². The first-order valence-electron chi connectivity index (χ1n) is 8.42. The van der Waals surface area contributed by atoms with Crippen LogP contribution in [0.25, 0.3) is 5.70 Å². The molecule has 0 saturated heterocycles. The molecule has 1 aromatic heterocycles. The summed E-state index contributed by atoms with van der Waals surface area (Å²) in [4.78, 5) is 4.12. The average Bonchev–Trinajstić information content (AvgIpc) is 3.15. The van der Waals surface area contributed by atoms with Crippen molar-refractivity contribution in [1.82, 2.24) is 14.8 Å². The van der Waals surface area contributed by atoms with Crippen molar-refractivity contribution in [1.29, 1.82) is 0 Å². The summed E-state index contributed by atoms with van der Waals surface area (Å²) in [6, 6.07) is 10.3. The van der Waals surface area contributed by atoms with E-state index in [2.05, 4.69) is 20.1 Å². The number of fused-ring (bicyclic) bond motifs is 1. The molecule has 3 aromatic rings. The molecule has 1 unspecified atom stereocenters. The maximum absolute atomic E-state index is 12.8. The number of rotatable bonds is 4. The smallest absolute Gasteiger partial charge is 0.416 e. The van der Waals surface area contributed by atoms with Gasteiger partial charge in [0, 0.05) is 5.70 Å². The number of hydrogen-bond acceptors (Lipinski definition) is 4. The van der Waals surface area contributed by atoms with Crippen LogP contribution in [0, 0.1) is 0 Å². The highest BCUT2D eigenvalue weighted by Gasteiger charge is 2.31. The monoisotopic (exact) mass is 408 g/mol. The normalized spacial score (nSPS) is 16.2. The molecule has 0 saturated carbocycles. The zero-order valence-electron chi connectivity index (χ0n) is 14.6. The van der Waals surface area contributed by atoms with Crippen LogP contribution in [0.15, 0.2) is 60.9 Å². The number of aromatic nitrogens is 3. The fraction of sp³-hybridized carbons (Fsp3) is 0.158. The van der Waals surface area contributed by atoms with Crippen molar-refractivity contribution in [2.24, 2.45) is 0 Å². The number of nitrogens with one attached hydrogen (secondary N) is 1. The Hall–Kier alpha value is -3.43. The summed E-state index contributed by atoms with van der Waals surface area (Å²) in [6.45, 7) is -2.92. The Morgan fingerprint density at radius 3 is 2.31 bits per heavy atom. The molecule has 10 heteroatoms. The summed E-state index contributed by atoms with van der Waals surface area (Å²) in [5, 5.41) is 7.20. The number of benzene rings is 2. The first-order chi connectivity index (χ1) is 13.8. The van der Waals surface area contributed by atoms with E-state index < -0.39 is 24.4 Å². The van der Waals surface area contributed by atoms with Crippen LogP contribution in [0.2, 0.25) is 0 Å². The van der Waals surface area contributed by atoms with Gasteiger partial charge in [-0.25, -0.2) is 4.68 Å². The summed E-state index contributed by atoms with van der Waals surface area (Å²) in [7, 11) is 0. The topological polar surface area (TPSA) is 52.0 Å². The molecule has 0 aliphatic carbocycles. The van der Waals surface area contributed by atoms with Gasteiger partial charge in [-0.1, -0.05) is 12.1 Å². The van der Waals surface area contributed by atoms with Crippen molar-refractivity contribution in [2.75, 3.05) is 5.32 Å². The van der Waals surface area contributed by atoms with Crippen molar-refractivity contribution >= 4 is 11.6 Å². The number of alkyl halides is 5. The van der Waals surface area contributed by atoms with Gasteiger partial charge >= 0.3 is 12.8 Å². The molecule has 4 rings (SSSR count). The Labute approximate surface area is 161 Å². The van der Waals surface area contributed by atoms with Gasteiger partial charge in [0.2, 0.25) is 5.95 Å². The third kappa shape index (κ3) is 3.91. The van der Waals surface area contributed by atoms with E-state index in [0.717, 1.165) is 12.1 Å². The van der Waals surface area contributed by atoms with E-state index in [-0.39, 0.29) is 5.75 Å². The minimum absolute atomic E-state index is 0.0163. The van der Waals surface area contributed by atoms with Crippen LogP contribution in [0.5, 0.6) is 5.75 Å². The molecule has 1 aliphatic rings. The number of halogens is 5. The van der Waals surface area contributed by atoms with E-state index in [1.807, 2.05) is 0 Å². The number of nitrogens with zero attached hydrogens (tertiary/aromatic N) is 3. The zero-order valence-corrected chi connectivity index (χ0v) is 14.6. The fourth-order valence-electron chi connectivity index (χ4n) is 3.02. The summed E-state index contributed by atoms with van der Waals surface area (Å²) in [6.07, 6.45) is -1.32. The third-order valence-corrected chi connectivity index (χ3v) is 4.38. The maximum Gasteiger partial charge on any atom is 0.416 e. The molecule has 0 radical (unpaired) electrons. The largest absolute Gasteiger partial charge is 0.435 e. The summed E-state index contributed by atoms with van der Waals surface area (Å²) in [5.74, 6) is 0.419. The van der Waals surface area contributed by atoms with Crippen molar-refractivity contribution < 1.29 is 26.7 Å². The van der Waals surface area contributed by atoms with Crippen LogP contribution in [0.4, 0.5) is 27.9 Å². The lowest BCUT2D eigenvalue weighted by molar-refractivity contribution is -0.137. The molecule has 1 aliphatic heterocycles. The summed E-state index contributed by atoms with van der Waals surface area (Å²) < 4.78 is 69.0. The molecule has 5 nitrogen and oxygen atoms in total. The maximum atomic E-state index is 12.8. The van der Waals surface area contributed by atoms with Crippen LogP contribution in [-0.2, 0) is 6.18 Å². The Bertz CT molecular complexity index is 1030. The first-order valence-corrected chi connectivity index (χ1v) is 8.42. The van der Waals surface area contributed by atoms with Crippen molar-refractivity contribution in [3.05, 3.63) is 77.6 Å². The second-order valence-corrected chi connectivity index (χ2v) is 6.20. The highest BCUT2D eigenvalue weighted by molar-refractivity contribution is 5.77. The zero-order chi connectivity index (χ0) is 20.6. The Balaban J connectivity index is 1.67. The number of ether oxygens (including phenoxy) is 1. The summed E-state index contributed by atoms with van der Waals surface area (Å²) >= 11 is 0. The van der Waals surface area contributed by atoms with Gasteiger partial charge in [-0.3, -0.25) is 0 Å². The van der Waals surface area contributed by atoms with Crippen molar-refractivity contribution in [2.45, 2.75) is 18.8 Å². The fourth-order valence-corrected chi connectivity index (χ4v) is 3.02. The van der Waals surface area contributed by atoms with Gasteiger partial charge < -0.3 is 10.1 Å². The van der Waals surface area contributed by atoms with E-state index in [9.17, 15) is 22.0 Å². The predicted octanol–water partition coefficient (Wildman–Crippen LogP) is 4.95. The van der Waals surface area contributed by atoms with Crippen molar-refractivity contribution in [3.63, 3.8) is 0 Å². The molecular weight excluding hydrogens is 395 g/mol. The Morgan fingerprint density at radius 1 is 1.00 bits per heavy atom. The van der Waals surface area contributed by atoms with Crippen LogP contribution < -0.4 is 10.1 Å². The van der Waals surface area contributed by atoms with E-state index in [0.29, 0.717) is 22.8 Å². The predicted molar refractivity (Wildman–Crippen MR) is 94.3 cm³/mol. The number of anilines is 1. The van der Waals surface area contributed by atoms with E-state index in [1.165, 1.54) is 30.6 Å². The van der Waals surface area contributed by atoms with Crippen LogP contribution in [-0.4, -0.2) is 21.4 Å². The van der Waals surface area contributed by atoms with Gasteiger partial charge in [0.05, 0.1) is 5.56 Å². The lowest BCUT2D eigenvalue weighted by Crippen LogP contribution is -2.20. The van der Waals surface area contributed by atoms with E-state index in [1.54, 1.807) is 22.9 Å². The van der Waals surface area contributed by atoms with Crippen LogP contribution in [0.1, 0.15) is 22.7 Å². The van der Waals surface area contributed by atoms with Crippen LogP contribution >= 0.6 is 0 Å². The second kappa shape index (κ2) is 7.19. The minimum Gasteiger partial charge on any atom is -0.435 e. The molecule has 0 fully saturated rings. The lowest BCUT2D eigenvalue weighted by Gasteiger charge is -2.24. The Kier molecular flexibility index (Phi) is 4.69. The van der Waals surface area contributed by atoms with E-state index >= 15 is 0 Å². The van der Waals surface area contributed by atoms with E-state index in [4.69, 9.17) is 0 Å². The van der Waals surface area contributed by atoms with Gasteiger partial charge in [0.1, 0.15) is 18.1 Å². The summed E-state index contributed by atoms with van der Waals surface area (Å²) in [5.41, 5.74) is 1.12. The Morgan fingerprint density at radius 2 is 1.69 bits per heavy atom. The van der Waals surface area contributed by atoms with Gasteiger partial charge in [-0.05, 0) is 53.6 Å². The quantitative estimate of drug-likeness (QED) is 0.621. The lowest BCUT2D eigenvalue weighted by atomic mass is 10.0. The van der Waals surface area contributed by atoms with Gasteiger partial charge in [-0.15, -0.1) is 0 Å². The SMILES string of the molecule is FC(F)Oc1ccc(C2=CC(c3ccc(C(F)(F)F)cc3)n3ncnc3N2)cc1. The van der Waals surface area contributed by atoms with Gasteiger partial charge in [-0.2, -0.15) is 32.0 Å². The van der Waals surface area contributed by atoms with Gasteiger partial charge in [0.15, 0.2) is 0 Å². The molecule has 2 heterocycles. The molecule has 0 bridgehead atoms. The van der Waals surface area contributed by atoms with Gasteiger partial charge in [0.25, 0.3) is 0 Å². The van der Waals surface area contributed by atoms with Crippen molar-refractivity contribution in [3.8, 4) is 5.75 Å². The number of hydrogen-bond donors (Lipinski definition) is 1.